The van der Waals surface area contributed by atoms with Gasteiger partial charge < -0.3 is 0 Å². The summed E-state index contributed by atoms with van der Waals surface area (Å²) in [5.74, 6) is 0. The Kier molecular flexibility index (Phi) is 5.56. The molecule has 0 saturated heterocycles. The molecule has 6 rings (SSSR count). The number of aromatic nitrogens is 5. The number of fused-ring (bicyclic) bond motifs is 4. The van der Waals surface area contributed by atoms with E-state index in [1.165, 1.54) is 5.56 Å². The Balaban J connectivity index is 1.62. The molecule has 3 aromatic carbocycles. The van der Waals surface area contributed by atoms with Gasteiger partial charge in [0, 0.05) is 5.69 Å². The highest BCUT2D eigenvalue weighted by Crippen LogP contribution is 2.29. The molecule has 0 aliphatic heterocycles. The van der Waals surface area contributed by atoms with Crippen molar-refractivity contribution in [2.24, 2.45) is 0 Å². The van der Waals surface area contributed by atoms with Crippen molar-refractivity contribution in [1.29, 1.82) is 0 Å². The average Bonchev–Trinajstić information content (AvgIpc) is 3.25. The molecule has 0 N–H and O–H groups in total. The molecular formula is C30H27N5O. The van der Waals surface area contributed by atoms with Crippen LogP contribution in [0, 0.1) is 0 Å². The van der Waals surface area contributed by atoms with Gasteiger partial charge in [-0.1, -0.05) is 67.9 Å². The van der Waals surface area contributed by atoms with E-state index in [2.05, 4.69) is 31.2 Å². The summed E-state index contributed by atoms with van der Waals surface area (Å²) in [5, 5.41) is 0.489. The molecule has 0 bridgehead atoms. The summed E-state index contributed by atoms with van der Waals surface area (Å²) < 4.78 is 3.65. The SMILES string of the molecule is CCCCc1ccc(-n2c3nc4ccccc4nc3c3c(=O)n([C@H](C)c4ccccc4)cnc32)cc1. The van der Waals surface area contributed by atoms with E-state index in [9.17, 15) is 4.79 Å². The Morgan fingerprint density at radius 3 is 2.25 bits per heavy atom. The summed E-state index contributed by atoms with van der Waals surface area (Å²) in [6.45, 7) is 4.21. The monoisotopic (exact) mass is 473 g/mol. The zero-order chi connectivity index (χ0) is 24.6. The second-order valence-electron chi connectivity index (χ2n) is 9.23. The van der Waals surface area contributed by atoms with E-state index in [-0.39, 0.29) is 11.6 Å². The smallest absolute Gasteiger partial charge is 0.265 e. The summed E-state index contributed by atoms with van der Waals surface area (Å²) in [5.41, 5.74) is 6.46. The van der Waals surface area contributed by atoms with Gasteiger partial charge in [-0.15, -0.1) is 0 Å². The molecule has 0 spiro atoms. The molecule has 36 heavy (non-hydrogen) atoms. The molecule has 0 radical (unpaired) electrons. The third-order valence-corrected chi connectivity index (χ3v) is 6.90. The van der Waals surface area contributed by atoms with E-state index >= 15 is 0 Å². The van der Waals surface area contributed by atoms with E-state index < -0.39 is 0 Å². The van der Waals surface area contributed by atoms with Gasteiger partial charge in [-0.2, -0.15) is 0 Å². The first-order valence-corrected chi connectivity index (χ1v) is 12.5. The van der Waals surface area contributed by atoms with Crippen LogP contribution in [0.15, 0.2) is 90.0 Å². The molecular weight excluding hydrogens is 446 g/mol. The Morgan fingerprint density at radius 2 is 1.53 bits per heavy atom. The number of hydrogen-bond acceptors (Lipinski definition) is 4. The summed E-state index contributed by atoms with van der Waals surface area (Å²) in [6, 6.07) is 26.0. The minimum absolute atomic E-state index is 0.121. The van der Waals surface area contributed by atoms with Crippen LogP contribution in [0.3, 0.4) is 0 Å². The first-order chi connectivity index (χ1) is 17.7. The van der Waals surface area contributed by atoms with E-state index in [0.29, 0.717) is 22.2 Å². The van der Waals surface area contributed by atoms with Crippen LogP contribution < -0.4 is 5.56 Å². The number of para-hydroxylation sites is 2. The van der Waals surface area contributed by atoms with Gasteiger partial charge in [-0.25, -0.2) is 15.0 Å². The summed E-state index contributed by atoms with van der Waals surface area (Å²) in [4.78, 5) is 28.6. The highest BCUT2D eigenvalue weighted by atomic mass is 16.1. The highest BCUT2D eigenvalue weighted by molar-refractivity contribution is 6.05. The lowest BCUT2D eigenvalue weighted by molar-refractivity contribution is 0.608. The zero-order valence-electron chi connectivity index (χ0n) is 20.4. The Morgan fingerprint density at radius 1 is 0.833 bits per heavy atom. The van der Waals surface area contributed by atoms with E-state index in [0.717, 1.165) is 41.5 Å². The lowest BCUT2D eigenvalue weighted by Gasteiger charge is -2.15. The van der Waals surface area contributed by atoms with E-state index in [1.54, 1.807) is 10.9 Å². The third-order valence-electron chi connectivity index (χ3n) is 6.90. The number of hydrogen-bond donors (Lipinski definition) is 0. The van der Waals surface area contributed by atoms with Gasteiger partial charge in [0.25, 0.3) is 5.56 Å². The van der Waals surface area contributed by atoms with Crippen LogP contribution in [0.4, 0.5) is 0 Å². The molecule has 6 aromatic rings. The Labute approximate surface area is 208 Å². The first kappa shape index (κ1) is 22.2. The summed E-state index contributed by atoms with van der Waals surface area (Å²) in [6.07, 6.45) is 5.02. The van der Waals surface area contributed by atoms with Gasteiger partial charge in [0.05, 0.1) is 17.1 Å². The average molecular weight is 474 g/mol. The largest absolute Gasteiger partial charge is 0.291 e. The number of aryl methyl sites for hydroxylation is 1. The fourth-order valence-corrected chi connectivity index (χ4v) is 4.86. The van der Waals surface area contributed by atoms with Gasteiger partial charge >= 0.3 is 0 Å². The van der Waals surface area contributed by atoms with E-state index in [4.69, 9.17) is 15.0 Å². The molecule has 6 heteroatoms. The Hall–Kier alpha value is -4.32. The predicted molar refractivity (Wildman–Crippen MR) is 145 cm³/mol. The van der Waals surface area contributed by atoms with Crippen LogP contribution in [0.1, 0.15) is 43.9 Å². The van der Waals surface area contributed by atoms with Gasteiger partial charge in [0.1, 0.15) is 17.2 Å². The molecule has 3 heterocycles. The highest BCUT2D eigenvalue weighted by Gasteiger charge is 2.22. The van der Waals surface area contributed by atoms with Gasteiger partial charge in [-0.05, 0) is 55.2 Å². The second kappa shape index (κ2) is 9.04. The zero-order valence-corrected chi connectivity index (χ0v) is 20.4. The van der Waals surface area contributed by atoms with Crippen LogP contribution in [0.5, 0.6) is 0 Å². The lowest BCUT2D eigenvalue weighted by Crippen LogP contribution is -2.24. The first-order valence-electron chi connectivity index (χ1n) is 12.5. The van der Waals surface area contributed by atoms with E-state index in [1.807, 2.05) is 66.1 Å². The summed E-state index contributed by atoms with van der Waals surface area (Å²) in [7, 11) is 0. The van der Waals surface area contributed by atoms with Crippen molar-refractivity contribution in [2.45, 2.75) is 39.2 Å². The van der Waals surface area contributed by atoms with Crippen LogP contribution in [-0.2, 0) is 6.42 Å². The van der Waals surface area contributed by atoms with Crippen molar-refractivity contribution in [3.8, 4) is 5.69 Å². The van der Waals surface area contributed by atoms with Crippen LogP contribution >= 0.6 is 0 Å². The predicted octanol–water partition coefficient (Wildman–Crippen LogP) is 6.24. The molecule has 3 aromatic heterocycles. The van der Waals surface area contributed by atoms with Gasteiger partial charge in [0.15, 0.2) is 11.3 Å². The van der Waals surface area contributed by atoms with Crippen molar-refractivity contribution in [2.75, 3.05) is 0 Å². The minimum Gasteiger partial charge on any atom is -0.291 e. The fourth-order valence-electron chi connectivity index (χ4n) is 4.86. The van der Waals surface area contributed by atoms with Crippen molar-refractivity contribution in [3.05, 3.63) is 107 Å². The molecule has 0 aliphatic rings. The minimum atomic E-state index is -0.166. The summed E-state index contributed by atoms with van der Waals surface area (Å²) >= 11 is 0. The van der Waals surface area contributed by atoms with Crippen LogP contribution in [-0.4, -0.2) is 24.1 Å². The maximum atomic E-state index is 14.0. The maximum Gasteiger partial charge on any atom is 0.265 e. The van der Waals surface area contributed by atoms with Crippen molar-refractivity contribution in [3.63, 3.8) is 0 Å². The van der Waals surface area contributed by atoms with Crippen molar-refractivity contribution >= 4 is 33.2 Å². The van der Waals surface area contributed by atoms with Crippen LogP contribution in [0.25, 0.3) is 38.9 Å². The second-order valence-corrected chi connectivity index (χ2v) is 9.23. The quantitative estimate of drug-likeness (QED) is 0.287. The Bertz CT molecular complexity index is 1750. The molecule has 1 atom stereocenters. The normalized spacial score (nSPS) is 12.5. The molecule has 0 amide bonds. The fraction of sp³-hybridized carbons (Fsp3) is 0.200. The topological polar surface area (TPSA) is 65.6 Å². The standard InChI is InChI=1S/C30H27N5O/c1-3-4-10-21-15-17-23(18-16-21)35-28-26(27-29(35)33-25-14-9-8-13-24(25)32-27)30(36)34(19-31-28)20(2)22-11-6-5-7-12-22/h5-9,11-20H,3-4,10H2,1-2H3/t20-/m1/s1. The van der Waals surface area contributed by atoms with Crippen LogP contribution in [0.2, 0.25) is 0 Å². The van der Waals surface area contributed by atoms with Gasteiger partial charge in [0.2, 0.25) is 0 Å². The van der Waals surface area contributed by atoms with Gasteiger partial charge in [-0.3, -0.25) is 13.9 Å². The molecule has 0 saturated carbocycles. The van der Waals surface area contributed by atoms with Crippen molar-refractivity contribution < 1.29 is 0 Å². The molecule has 0 unspecified atom stereocenters. The molecule has 0 aliphatic carbocycles. The number of rotatable bonds is 6. The molecule has 178 valence electrons. The number of nitrogens with zero attached hydrogens (tertiary/aromatic N) is 5. The maximum absolute atomic E-state index is 14.0. The third kappa shape index (κ3) is 3.66. The molecule has 6 nitrogen and oxygen atoms in total. The number of benzene rings is 3. The van der Waals surface area contributed by atoms with Crippen molar-refractivity contribution in [1.82, 2.24) is 24.1 Å². The molecule has 0 fully saturated rings. The number of unbranched alkanes of at least 4 members (excludes halogenated alkanes) is 1. The lowest BCUT2D eigenvalue weighted by atomic mass is 10.1.